The number of hydrogen-bond acceptors (Lipinski definition) is 1. The van der Waals surface area contributed by atoms with E-state index in [0.717, 1.165) is 12.5 Å². The summed E-state index contributed by atoms with van der Waals surface area (Å²) in [6.45, 7) is 12.4. The number of hydrogen-bond donors (Lipinski definition) is 1. The van der Waals surface area contributed by atoms with Gasteiger partial charge in [-0.05, 0) is 64.1 Å². The largest absolute Gasteiger partial charge is 0.312 e. The minimum Gasteiger partial charge on any atom is -0.312 e. The molecule has 0 saturated carbocycles. The van der Waals surface area contributed by atoms with Crippen molar-refractivity contribution >= 4 is 0 Å². The standard InChI is InChI=1S/C19H33N/c1-6-7-8-12-17(15-20-19(3,4)5)14-18-13-10-9-11-16(18)2/h9-11,13,17,20H,6-8,12,14-15H2,1-5H3. The van der Waals surface area contributed by atoms with Crippen LogP contribution in [0.25, 0.3) is 0 Å². The molecule has 0 bridgehead atoms. The van der Waals surface area contributed by atoms with Gasteiger partial charge in [0.05, 0.1) is 0 Å². The molecule has 0 radical (unpaired) electrons. The van der Waals surface area contributed by atoms with E-state index in [1.165, 1.54) is 43.2 Å². The Morgan fingerprint density at radius 2 is 1.80 bits per heavy atom. The van der Waals surface area contributed by atoms with Crippen molar-refractivity contribution < 1.29 is 0 Å². The smallest absolute Gasteiger partial charge is 0.00966 e. The van der Waals surface area contributed by atoms with Crippen molar-refractivity contribution in [3.8, 4) is 0 Å². The highest BCUT2D eigenvalue weighted by Gasteiger charge is 2.15. The van der Waals surface area contributed by atoms with Crippen molar-refractivity contribution in [3.05, 3.63) is 35.4 Å². The zero-order valence-electron chi connectivity index (χ0n) is 14.1. The van der Waals surface area contributed by atoms with Gasteiger partial charge in [-0.2, -0.15) is 0 Å². The maximum absolute atomic E-state index is 3.69. The van der Waals surface area contributed by atoms with Gasteiger partial charge in [-0.25, -0.2) is 0 Å². The first kappa shape index (κ1) is 17.2. The summed E-state index contributed by atoms with van der Waals surface area (Å²) in [5, 5.41) is 3.69. The molecule has 114 valence electrons. The number of unbranched alkanes of at least 4 members (excludes halogenated alkanes) is 2. The molecule has 1 unspecified atom stereocenters. The molecule has 0 fully saturated rings. The second kappa shape index (κ2) is 8.46. The average molecular weight is 275 g/mol. The molecule has 1 aromatic carbocycles. The molecule has 1 nitrogen and oxygen atoms in total. The summed E-state index contributed by atoms with van der Waals surface area (Å²) in [5.74, 6) is 0.752. The third kappa shape index (κ3) is 7.09. The fourth-order valence-electron chi connectivity index (χ4n) is 2.56. The van der Waals surface area contributed by atoms with Crippen LogP contribution < -0.4 is 5.32 Å². The molecule has 1 rings (SSSR count). The minimum atomic E-state index is 0.217. The van der Waals surface area contributed by atoms with Crippen LogP contribution in [0.15, 0.2) is 24.3 Å². The summed E-state index contributed by atoms with van der Waals surface area (Å²) in [7, 11) is 0. The van der Waals surface area contributed by atoms with Gasteiger partial charge in [0.2, 0.25) is 0 Å². The third-order valence-corrected chi connectivity index (χ3v) is 3.91. The van der Waals surface area contributed by atoms with Crippen LogP contribution in [0.3, 0.4) is 0 Å². The molecule has 0 spiro atoms. The van der Waals surface area contributed by atoms with Crippen LogP contribution in [0.1, 0.15) is 64.5 Å². The molecule has 0 heterocycles. The van der Waals surface area contributed by atoms with Crippen LogP contribution in [0.2, 0.25) is 0 Å². The number of benzene rings is 1. The Hall–Kier alpha value is -0.820. The van der Waals surface area contributed by atoms with Crippen molar-refractivity contribution in [1.82, 2.24) is 5.32 Å². The number of rotatable bonds is 8. The van der Waals surface area contributed by atoms with E-state index in [9.17, 15) is 0 Å². The summed E-state index contributed by atoms with van der Waals surface area (Å²) in [5.41, 5.74) is 3.17. The Kier molecular flexibility index (Phi) is 7.29. The van der Waals surface area contributed by atoms with E-state index in [1.54, 1.807) is 0 Å². The fraction of sp³-hybridized carbons (Fsp3) is 0.684. The Morgan fingerprint density at radius 1 is 1.10 bits per heavy atom. The predicted molar refractivity (Wildman–Crippen MR) is 90.3 cm³/mol. The molecule has 20 heavy (non-hydrogen) atoms. The van der Waals surface area contributed by atoms with Gasteiger partial charge in [0, 0.05) is 5.54 Å². The van der Waals surface area contributed by atoms with Crippen molar-refractivity contribution in [2.75, 3.05) is 6.54 Å². The van der Waals surface area contributed by atoms with Crippen LogP contribution in [-0.2, 0) is 6.42 Å². The molecule has 0 aliphatic rings. The van der Waals surface area contributed by atoms with E-state index >= 15 is 0 Å². The van der Waals surface area contributed by atoms with Gasteiger partial charge in [0.1, 0.15) is 0 Å². The van der Waals surface area contributed by atoms with Gasteiger partial charge in [0.25, 0.3) is 0 Å². The quantitative estimate of drug-likeness (QED) is 0.649. The predicted octanol–water partition coefficient (Wildman–Crippen LogP) is 5.12. The maximum atomic E-state index is 3.69. The van der Waals surface area contributed by atoms with Gasteiger partial charge in [-0.1, -0.05) is 50.5 Å². The molecule has 1 N–H and O–H groups in total. The zero-order valence-corrected chi connectivity index (χ0v) is 14.1. The first-order chi connectivity index (χ1) is 9.42. The summed E-state index contributed by atoms with van der Waals surface area (Å²) < 4.78 is 0. The molecule has 0 amide bonds. The van der Waals surface area contributed by atoms with Crippen molar-refractivity contribution in [3.63, 3.8) is 0 Å². The molecule has 0 saturated heterocycles. The third-order valence-electron chi connectivity index (χ3n) is 3.91. The first-order valence-electron chi connectivity index (χ1n) is 8.22. The summed E-state index contributed by atoms with van der Waals surface area (Å²) in [6, 6.07) is 8.83. The Labute approximate surface area is 126 Å². The van der Waals surface area contributed by atoms with Crippen LogP contribution >= 0.6 is 0 Å². The molecule has 1 atom stereocenters. The lowest BCUT2D eigenvalue weighted by Crippen LogP contribution is -2.39. The molecule has 1 aromatic rings. The fourth-order valence-corrected chi connectivity index (χ4v) is 2.56. The lowest BCUT2D eigenvalue weighted by molar-refractivity contribution is 0.349. The van der Waals surface area contributed by atoms with Gasteiger partial charge in [-0.3, -0.25) is 0 Å². The molecule has 0 aliphatic heterocycles. The molecule has 0 aromatic heterocycles. The Balaban J connectivity index is 2.59. The van der Waals surface area contributed by atoms with Crippen LogP contribution in [0.4, 0.5) is 0 Å². The average Bonchev–Trinajstić information content (AvgIpc) is 2.37. The highest BCUT2D eigenvalue weighted by molar-refractivity contribution is 5.25. The summed E-state index contributed by atoms with van der Waals surface area (Å²) in [4.78, 5) is 0. The second-order valence-corrected chi connectivity index (χ2v) is 7.12. The first-order valence-corrected chi connectivity index (χ1v) is 8.22. The molecule has 0 aliphatic carbocycles. The SMILES string of the molecule is CCCCCC(CNC(C)(C)C)Cc1ccccc1C. The van der Waals surface area contributed by atoms with E-state index in [2.05, 4.69) is 64.2 Å². The Bertz CT molecular complexity index is 376. The normalized spacial score (nSPS) is 13.4. The van der Waals surface area contributed by atoms with E-state index in [1.807, 2.05) is 0 Å². The second-order valence-electron chi connectivity index (χ2n) is 7.12. The number of aryl methyl sites for hydroxylation is 1. The highest BCUT2D eigenvalue weighted by Crippen LogP contribution is 2.19. The van der Waals surface area contributed by atoms with Gasteiger partial charge >= 0.3 is 0 Å². The van der Waals surface area contributed by atoms with Crippen LogP contribution in [0.5, 0.6) is 0 Å². The van der Waals surface area contributed by atoms with Crippen molar-refractivity contribution in [2.45, 2.75) is 72.3 Å². The lowest BCUT2D eigenvalue weighted by Gasteiger charge is -2.26. The van der Waals surface area contributed by atoms with Crippen molar-refractivity contribution in [1.29, 1.82) is 0 Å². The van der Waals surface area contributed by atoms with E-state index in [-0.39, 0.29) is 5.54 Å². The van der Waals surface area contributed by atoms with Gasteiger partial charge in [0.15, 0.2) is 0 Å². The summed E-state index contributed by atoms with van der Waals surface area (Å²) in [6.07, 6.45) is 6.58. The van der Waals surface area contributed by atoms with E-state index < -0.39 is 0 Å². The van der Waals surface area contributed by atoms with E-state index in [0.29, 0.717) is 0 Å². The van der Waals surface area contributed by atoms with E-state index in [4.69, 9.17) is 0 Å². The molecular weight excluding hydrogens is 242 g/mol. The van der Waals surface area contributed by atoms with Crippen molar-refractivity contribution in [2.24, 2.45) is 5.92 Å². The molecular formula is C19H33N. The highest BCUT2D eigenvalue weighted by atomic mass is 14.9. The minimum absolute atomic E-state index is 0.217. The van der Waals surface area contributed by atoms with Gasteiger partial charge in [-0.15, -0.1) is 0 Å². The maximum Gasteiger partial charge on any atom is 0.00966 e. The molecule has 1 heteroatoms. The van der Waals surface area contributed by atoms with Crippen LogP contribution in [0, 0.1) is 12.8 Å². The van der Waals surface area contributed by atoms with Crippen LogP contribution in [-0.4, -0.2) is 12.1 Å². The van der Waals surface area contributed by atoms with Gasteiger partial charge < -0.3 is 5.32 Å². The topological polar surface area (TPSA) is 12.0 Å². The summed E-state index contributed by atoms with van der Waals surface area (Å²) >= 11 is 0. The lowest BCUT2D eigenvalue weighted by atomic mass is 9.91. The zero-order chi connectivity index (χ0) is 15.0. The number of nitrogens with one attached hydrogen (secondary N) is 1. The monoisotopic (exact) mass is 275 g/mol. The Morgan fingerprint density at radius 3 is 2.40 bits per heavy atom.